The molecule has 0 bridgehead atoms. The van der Waals surface area contributed by atoms with Gasteiger partial charge in [-0.25, -0.2) is 0 Å². The number of guanidine groups is 1. The van der Waals surface area contributed by atoms with E-state index in [1.807, 2.05) is 12.1 Å². The highest BCUT2D eigenvalue weighted by molar-refractivity contribution is 5.79. The summed E-state index contributed by atoms with van der Waals surface area (Å²) in [6.07, 6.45) is 1.98. The fourth-order valence-electron chi connectivity index (χ4n) is 1.86. The van der Waals surface area contributed by atoms with Crippen molar-refractivity contribution >= 4 is 5.96 Å². The Bertz CT molecular complexity index is 430. The lowest BCUT2D eigenvalue weighted by Crippen LogP contribution is -2.39. The van der Waals surface area contributed by atoms with Crippen LogP contribution in [0.1, 0.15) is 32.8 Å². The van der Waals surface area contributed by atoms with Crippen LogP contribution in [0.2, 0.25) is 0 Å². The molecule has 4 nitrogen and oxygen atoms in total. The number of hydrogen-bond donors (Lipinski definition) is 2. The fourth-order valence-corrected chi connectivity index (χ4v) is 1.86. The van der Waals surface area contributed by atoms with Crippen LogP contribution in [0.4, 0.5) is 0 Å². The first kappa shape index (κ1) is 17.3. The summed E-state index contributed by atoms with van der Waals surface area (Å²) < 4.78 is 5.65. The predicted octanol–water partition coefficient (Wildman–Crippen LogP) is 2.84. The second-order valence-corrected chi connectivity index (χ2v) is 5.52. The molecule has 0 spiro atoms. The zero-order chi connectivity index (χ0) is 15.5. The van der Waals surface area contributed by atoms with Crippen LogP contribution in [0.25, 0.3) is 0 Å². The maximum Gasteiger partial charge on any atom is 0.190 e. The number of aliphatic imine (C=N–C) groups is 1. The highest BCUT2D eigenvalue weighted by Gasteiger charge is 2.00. The van der Waals surface area contributed by atoms with Crippen molar-refractivity contribution in [2.45, 2.75) is 33.6 Å². The van der Waals surface area contributed by atoms with Gasteiger partial charge in [-0.2, -0.15) is 0 Å². The molecule has 21 heavy (non-hydrogen) atoms. The molecule has 4 heteroatoms. The maximum atomic E-state index is 5.65. The summed E-state index contributed by atoms with van der Waals surface area (Å²) >= 11 is 0. The maximum absolute atomic E-state index is 5.65. The van der Waals surface area contributed by atoms with Crippen LogP contribution >= 0.6 is 0 Å². The molecule has 0 amide bonds. The average molecular weight is 291 g/mol. The molecule has 0 aliphatic carbocycles. The van der Waals surface area contributed by atoms with Gasteiger partial charge in [0.05, 0.1) is 6.61 Å². The summed E-state index contributed by atoms with van der Waals surface area (Å²) in [6.45, 7) is 9.04. The molecule has 0 aromatic heterocycles. The van der Waals surface area contributed by atoms with Gasteiger partial charge in [-0.15, -0.1) is 0 Å². The minimum Gasteiger partial charge on any atom is -0.494 e. The number of benzene rings is 1. The van der Waals surface area contributed by atoms with Gasteiger partial charge >= 0.3 is 0 Å². The van der Waals surface area contributed by atoms with Crippen LogP contribution < -0.4 is 15.4 Å². The fraction of sp³-hybridized carbons (Fsp3) is 0.588. The van der Waals surface area contributed by atoms with Gasteiger partial charge in [-0.1, -0.05) is 32.9 Å². The van der Waals surface area contributed by atoms with E-state index in [1.165, 1.54) is 5.56 Å². The zero-order valence-electron chi connectivity index (χ0n) is 13.8. The molecule has 0 atom stereocenters. The number of ether oxygens (including phenoxy) is 1. The van der Waals surface area contributed by atoms with Crippen molar-refractivity contribution in [2.75, 3.05) is 26.7 Å². The first-order valence-corrected chi connectivity index (χ1v) is 7.82. The molecule has 0 heterocycles. The first-order chi connectivity index (χ1) is 10.2. The number of hydrogen-bond acceptors (Lipinski definition) is 2. The lowest BCUT2D eigenvalue weighted by atomic mass is 10.1. The summed E-state index contributed by atoms with van der Waals surface area (Å²) in [5, 5.41) is 6.64. The molecule has 0 fully saturated rings. The number of rotatable bonds is 8. The van der Waals surface area contributed by atoms with Crippen molar-refractivity contribution in [3.8, 4) is 5.75 Å². The molecular formula is C17H29N3O. The molecule has 0 radical (unpaired) electrons. The van der Waals surface area contributed by atoms with E-state index in [1.54, 1.807) is 7.05 Å². The van der Waals surface area contributed by atoms with Gasteiger partial charge in [-0.05, 0) is 36.5 Å². The van der Waals surface area contributed by atoms with Gasteiger partial charge < -0.3 is 15.4 Å². The molecule has 2 N–H and O–H groups in total. The van der Waals surface area contributed by atoms with E-state index >= 15 is 0 Å². The van der Waals surface area contributed by atoms with Gasteiger partial charge in [0.15, 0.2) is 5.96 Å². The third-order valence-electron chi connectivity index (χ3n) is 2.98. The third-order valence-corrected chi connectivity index (χ3v) is 2.98. The van der Waals surface area contributed by atoms with Crippen LogP contribution in [0.3, 0.4) is 0 Å². The molecular weight excluding hydrogens is 262 g/mol. The van der Waals surface area contributed by atoms with Gasteiger partial charge in [-0.3, -0.25) is 4.99 Å². The largest absolute Gasteiger partial charge is 0.494 e. The van der Waals surface area contributed by atoms with Crippen molar-refractivity contribution in [3.63, 3.8) is 0 Å². The van der Waals surface area contributed by atoms with Crippen molar-refractivity contribution in [3.05, 3.63) is 29.8 Å². The Morgan fingerprint density at radius 1 is 1.29 bits per heavy atom. The van der Waals surface area contributed by atoms with E-state index < -0.39 is 0 Å². The minimum absolute atomic E-state index is 0.607. The van der Waals surface area contributed by atoms with Crippen LogP contribution in [-0.4, -0.2) is 32.7 Å². The van der Waals surface area contributed by atoms with Crippen molar-refractivity contribution in [1.29, 1.82) is 0 Å². The van der Waals surface area contributed by atoms with Gasteiger partial charge in [0.1, 0.15) is 5.75 Å². The Kier molecular flexibility index (Phi) is 8.32. The molecule has 0 aliphatic heterocycles. The SMILES string of the molecule is CCCOc1cccc(CCNC(=NC)NCC(C)C)c1. The first-order valence-electron chi connectivity index (χ1n) is 7.82. The third kappa shape index (κ3) is 7.59. The van der Waals surface area contributed by atoms with Crippen molar-refractivity contribution < 1.29 is 4.74 Å². The number of nitrogens with zero attached hydrogens (tertiary/aromatic N) is 1. The smallest absolute Gasteiger partial charge is 0.190 e. The van der Waals surface area contributed by atoms with Crippen LogP contribution in [0, 0.1) is 5.92 Å². The summed E-state index contributed by atoms with van der Waals surface area (Å²) in [5.41, 5.74) is 1.27. The van der Waals surface area contributed by atoms with E-state index in [-0.39, 0.29) is 0 Å². The standard InChI is InChI=1S/C17H29N3O/c1-5-11-21-16-8-6-7-15(12-16)9-10-19-17(18-4)20-13-14(2)3/h6-8,12,14H,5,9-11,13H2,1-4H3,(H2,18,19,20). The highest BCUT2D eigenvalue weighted by Crippen LogP contribution is 2.13. The van der Waals surface area contributed by atoms with Crippen LogP contribution in [0.5, 0.6) is 5.75 Å². The quantitative estimate of drug-likeness (QED) is 0.572. The van der Waals surface area contributed by atoms with E-state index in [4.69, 9.17) is 4.74 Å². The molecule has 0 aliphatic rings. The van der Waals surface area contributed by atoms with Gasteiger partial charge in [0.2, 0.25) is 0 Å². The lowest BCUT2D eigenvalue weighted by molar-refractivity contribution is 0.317. The summed E-state index contributed by atoms with van der Waals surface area (Å²) in [5.74, 6) is 2.43. The Morgan fingerprint density at radius 2 is 2.10 bits per heavy atom. The average Bonchev–Trinajstić information content (AvgIpc) is 2.49. The molecule has 0 unspecified atom stereocenters. The van der Waals surface area contributed by atoms with E-state index in [9.17, 15) is 0 Å². The van der Waals surface area contributed by atoms with Gasteiger partial charge in [0.25, 0.3) is 0 Å². The number of nitrogens with one attached hydrogen (secondary N) is 2. The monoisotopic (exact) mass is 291 g/mol. The molecule has 1 aromatic carbocycles. The molecule has 1 aromatic rings. The van der Waals surface area contributed by atoms with Crippen LogP contribution in [-0.2, 0) is 6.42 Å². The lowest BCUT2D eigenvalue weighted by Gasteiger charge is -2.13. The Labute approximate surface area is 129 Å². The van der Waals surface area contributed by atoms with Crippen molar-refractivity contribution in [1.82, 2.24) is 10.6 Å². The van der Waals surface area contributed by atoms with Crippen LogP contribution in [0.15, 0.2) is 29.3 Å². The Balaban J connectivity index is 2.37. The Hall–Kier alpha value is -1.71. The summed E-state index contributed by atoms with van der Waals surface area (Å²) in [4.78, 5) is 4.22. The van der Waals surface area contributed by atoms with E-state index in [2.05, 4.69) is 48.5 Å². The topological polar surface area (TPSA) is 45.6 Å². The highest BCUT2D eigenvalue weighted by atomic mass is 16.5. The Morgan fingerprint density at radius 3 is 2.76 bits per heavy atom. The molecule has 1 rings (SSSR count). The van der Waals surface area contributed by atoms with Crippen molar-refractivity contribution in [2.24, 2.45) is 10.9 Å². The minimum atomic E-state index is 0.607. The zero-order valence-corrected chi connectivity index (χ0v) is 13.8. The van der Waals surface area contributed by atoms with E-state index in [0.717, 1.165) is 44.2 Å². The van der Waals surface area contributed by atoms with E-state index in [0.29, 0.717) is 5.92 Å². The summed E-state index contributed by atoms with van der Waals surface area (Å²) in [7, 11) is 1.80. The predicted molar refractivity (Wildman–Crippen MR) is 90.1 cm³/mol. The normalized spacial score (nSPS) is 11.6. The molecule has 0 saturated heterocycles. The summed E-state index contributed by atoms with van der Waals surface area (Å²) in [6, 6.07) is 8.30. The second kappa shape index (κ2) is 10.1. The molecule has 0 saturated carbocycles. The second-order valence-electron chi connectivity index (χ2n) is 5.52. The van der Waals surface area contributed by atoms with Gasteiger partial charge in [0, 0.05) is 20.1 Å². The molecule has 118 valence electrons.